The first-order valence-corrected chi connectivity index (χ1v) is 11.4. The summed E-state index contributed by atoms with van der Waals surface area (Å²) in [4.78, 5) is 31.8. The van der Waals surface area contributed by atoms with Gasteiger partial charge in [0.05, 0.1) is 11.6 Å². The van der Waals surface area contributed by atoms with Gasteiger partial charge < -0.3 is 10.1 Å². The Hall–Kier alpha value is -3.83. The molecule has 3 aromatic carbocycles. The second-order valence-corrected chi connectivity index (χ2v) is 9.09. The summed E-state index contributed by atoms with van der Waals surface area (Å²) in [7, 11) is 0. The van der Waals surface area contributed by atoms with E-state index in [1.165, 1.54) is 4.90 Å². The first kappa shape index (κ1) is 22.0. The lowest BCUT2D eigenvalue weighted by Crippen LogP contribution is -2.29. The smallest absolute Gasteiger partial charge is 0.300 e. The number of amides is 1. The molecule has 0 spiro atoms. The van der Waals surface area contributed by atoms with Crippen molar-refractivity contribution in [1.29, 1.82) is 0 Å². The topological polar surface area (TPSA) is 73.4 Å². The van der Waals surface area contributed by atoms with Gasteiger partial charge in [-0.2, -0.15) is 0 Å². The number of aryl methyl sites for hydroxylation is 3. The molecule has 0 aliphatic carbocycles. The van der Waals surface area contributed by atoms with E-state index >= 15 is 0 Å². The number of aliphatic hydroxyl groups is 1. The van der Waals surface area contributed by atoms with E-state index in [1.807, 2.05) is 63.2 Å². The first-order chi connectivity index (χ1) is 16.3. The molecule has 2 N–H and O–H groups in total. The summed E-state index contributed by atoms with van der Waals surface area (Å²) in [6.07, 6.45) is 0. The van der Waals surface area contributed by atoms with Gasteiger partial charge in [0.15, 0.2) is 0 Å². The molecule has 1 aromatic heterocycles. The molecule has 1 unspecified atom stereocenters. The lowest BCUT2D eigenvalue weighted by molar-refractivity contribution is -0.132. The second kappa shape index (κ2) is 8.19. The van der Waals surface area contributed by atoms with Gasteiger partial charge in [-0.25, -0.2) is 0 Å². The van der Waals surface area contributed by atoms with E-state index < -0.39 is 17.7 Å². The molecular formula is C28H23ClN2O3. The van der Waals surface area contributed by atoms with Crippen LogP contribution >= 0.6 is 11.6 Å². The number of Topliss-reactive ketones (excluding diaryl/α,β-unsaturated/α-hetero) is 1. The van der Waals surface area contributed by atoms with Crippen molar-refractivity contribution >= 4 is 45.6 Å². The molecule has 170 valence electrons. The van der Waals surface area contributed by atoms with Crippen LogP contribution in [0.4, 0.5) is 5.69 Å². The van der Waals surface area contributed by atoms with Crippen LogP contribution in [0.5, 0.6) is 0 Å². The molecule has 4 aromatic rings. The van der Waals surface area contributed by atoms with Crippen molar-refractivity contribution in [2.45, 2.75) is 26.8 Å². The number of anilines is 1. The van der Waals surface area contributed by atoms with Crippen molar-refractivity contribution in [1.82, 2.24) is 4.98 Å². The SMILES string of the molecule is Cc1ccc(N2C(=O)C(=O)/C(=C(/O)c3cccc(Cl)c3)C2c2c(C)[nH]c3ccccc23)cc1C. The number of rotatable bonds is 3. The van der Waals surface area contributed by atoms with Crippen LogP contribution in [0, 0.1) is 20.8 Å². The third kappa shape index (κ3) is 3.40. The number of H-pyrrole nitrogens is 1. The molecule has 1 aliphatic heterocycles. The Bertz CT molecular complexity index is 1520. The zero-order valence-electron chi connectivity index (χ0n) is 19.0. The predicted molar refractivity (Wildman–Crippen MR) is 135 cm³/mol. The molecule has 34 heavy (non-hydrogen) atoms. The number of aliphatic hydroxyl groups excluding tert-OH is 1. The van der Waals surface area contributed by atoms with Crippen LogP contribution in [0.2, 0.25) is 5.02 Å². The van der Waals surface area contributed by atoms with E-state index in [1.54, 1.807) is 24.3 Å². The second-order valence-electron chi connectivity index (χ2n) is 8.66. The highest BCUT2D eigenvalue weighted by Crippen LogP contribution is 2.45. The average Bonchev–Trinajstić information content (AvgIpc) is 3.27. The number of aromatic amines is 1. The maximum atomic E-state index is 13.5. The van der Waals surface area contributed by atoms with Crippen molar-refractivity contribution < 1.29 is 14.7 Å². The third-order valence-electron chi connectivity index (χ3n) is 6.53. The summed E-state index contributed by atoms with van der Waals surface area (Å²) in [6.45, 7) is 5.87. The van der Waals surface area contributed by atoms with Crippen molar-refractivity contribution in [3.05, 3.63) is 105 Å². The van der Waals surface area contributed by atoms with Gasteiger partial charge >= 0.3 is 0 Å². The molecule has 6 heteroatoms. The molecule has 5 nitrogen and oxygen atoms in total. The highest BCUT2D eigenvalue weighted by molar-refractivity contribution is 6.52. The number of ketones is 1. The fraction of sp³-hybridized carbons (Fsp3) is 0.143. The molecule has 1 amide bonds. The van der Waals surface area contributed by atoms with Crippen LogP contribution in [0.15, 0.2) is 72.3 Å². The number of benzene rings is 3. The third-order valence-corrected chi connectivity index (χ3v) is 6.76. The number of carbonyl (C=O) groups excluding carboxylic acids is 2. The summed E-state index contributed by atoms with van der Waals surface area (Å²) < 4.78 is 0. The van der Waals surface area contributed by atoms with Crippen molar-refractivity contribution in [3.63, 3.8) is 0 Å². The minimum Gasteiger partial charge on any atom is -0.507 e. The lowest BCUT2D eigenvalue weighted by Gasteiger charge is -2.26. The monoisotopic (exact) mass is 470 g/mol. The van der Waals surface area contributed by atoms with Gasteiger partial charge in [-0.15, -0.1) is 0 Å². The molecule has 1 fully saturated rings. The maximum absolute atomic E-state index is 13.5. The lowest BCUT2D eigenvalue weighted by atomic mass is 9.93. The molecule has 1 atom stereocenters. The summed E-state index contributed by atoms with van der Waals surface area (Å²) in [6, 6.07) is 19.2. The normalized spacial score (nSPS) is 17.6. The number of fused-ring (bicyclic) bond motifs is 1. The first-order valence-electron chi connectivity index (χ1n) is 11.0. The van der Waals surface area contributed by atoms with Crippen LogP contribution in [0.3, 0.4) is 0 Å². The number of nitrogens with one attached hydrogen (secondary N) is 1. The molecule has 2 heterocycles. The summed E-state index contributed by atoms with van der Waals surface area (Å²) in [5, 5.41) is 12.6. The Morgan fingerprint density at radius 2 is 1.71 bits per heavy atom. The standard InChI is InChI=1S/C28H23ClN2O3/c1-15-11-12-20(13-16(15)2)31-25(23-17(3)30-22-10-5-4-9-21(22)23)24(27(33)28(31)34)26(32)18-7-6-8-19(29)14-18/h4-14,25,30,32H,1-3H3/b26-24+. The van der Waals surface area contributed by atoms with Crippen LogP contribution in [0.25, 0.3) is 16.7 Å². The van der Waals surface area contributed by atoms with Crippen molar-refractivity contribution in [2.75, 3.05) is 4.90 Å². The van der Waals surface area contributed by atoms with Crippen LogP contribution in [-0.4, -0.2) is 21.8 Å². The summed E-state index contributed by atoms with van der Waals surface area (Å²) in [5.74, 6) is -1.66. The van der Waals surface area contributed by atoms with Gasteiger partial charge in [-0.3, -0.25) is 14.5 Å². The van der Waals surface area contributed by atoms with E-state index in [4.69, 9.17) is 11.6 Å². The van der Waals surface area contributed by atoms with Gasteiger partial charge in [0, 0.05) is 38.4 Å². The zero-order valence-corrected chi connectivity index (χ0v) is 19.8. The zero-order chi connectivity index (χ0) is 24.1. The van der Waals surface area contributed by atoms with Gasteiger partial charge in [0.25, 0.3) is 11.7 Å². The van der Waals surface area contributed by atoms with E-state index in [0.29, 0.717) is 16.3 Å². The quantitative estimate of drug-likeness (QED) is 0.207. The molecule has 0 saturated carbocycles. The van der Waals surface area contributed by atoms with Crippen molar-refractivity contribution in [2.24, 2.45) is 0 Å². The molecule has 0 radical (unpaired) electrons. The largest absolute Gasteiger partial charge is 0.507 e. The number of aromatic nitrogens is 1. The van der Waals surface area contributed by atoms with Crippen LogP contribution in [0.1, 0.15) is 34.0 Å². The van der Waals surface area contributed by atoms with Gasteiger partial charge in [0.2, 0.25) is 0 Å². The Kier molecular flexibility index (Phi) is 5.29. The average molecular weight is 471 g/mol. The molecule has 1 saturated heterocycles. The van der Waals surface area contributed by atoms with E-state index in [2.05, 4.69) is 4.98 Å². The Morgan fingerprint density at radius 3 is 2.44 bits per heavy atom. The number of hydrogen-bond acceptors (Lipinski definition) is 3. The fourth-order valence-corrected chi connectivity index (χ4v) is 4.88. The number of hydrogen-bond donors (Lipinski definition) is 2. The number of carbonyl (C=O) groups is 2. The van der Waals surface area contributed by atoms with Gasteiger partial charge in [-0.1, -0.05) is 48.0 Å². The highest BCUT2D eigenvalue weighted by Gasteiger charge is 2.48. The predicted octanol–water partition coefficient (Wildman–Crippen LogP) is 6.37. The minimum atomic E-state index is -0.808. The molecule has 1 aliphatic rings. The molecule has 0 bridgehead atoms. The highest BCUT2D eigenvalue weighted by atomic mass is 35.5. The minimum absolute atomic E-state index is 0.0401. The van der Waals surface area contributed by atoms with Crippen LogP contribution in [-0.2, 0) is 9.59 Å². The number of nitrogens with zero attached hydrogens (tertiary/aromatic N) is 1. The Labute approximate surface area is 202 Å². The van der Waals surface area contributed by atoms with Gasteiger partial charge in [-0.05, 0) is 62.2 Å². The van der Waals surface area contributed by atoms with Gasteiger partial charge in [0.1, 0.15) is 5.76 Å². The Balaban J connectivity index is 1.83. The fourth-order valence-electron chi connectivity index (χ4n) is 4.69. The van der Waals surface area contributed by atoms with Crippen LogP contribution < -0.4 is 4.90 Å². The molecule has 5 rings (SSSR count). The number of halogens is 1. The number of para-hydroxylation sites is 1. The van der Waals surface area contributed by atoms with E-state index in [-0.39, 0.29) is 11.3 Å². The van der Waals surface area contributed by atoms with E-state index in [9.17, 15) is 14.7 Å². The Morgan fingerprint density at radius 1 is 0.941 bits per heavy atom. The van der Waals surface area contributed by atoms with Crippen molar-refractivity contribution in [3.8, 4) is 0 Å². The summed E-state index contributed by atoms with van der Waals surface area (Å²) >= 11 is 6.16. The maximum Gasteiger partial charge on any atom is 0.300 e. The molecular weight excluding hydrogens is 448 g/mol. The van der Waals surface area contributed by atoms with E-state index in [0.717, 1.165) is 33.3 Å². The summed E-state index contributed by atoms with van der Waals surface area (Å²) in [5.41, 5.74) is 5.60.